The van der Waals surface area contributed by atoms with Crippen molar-refractivity contribution in [3.63, 3.8) is 0 Å². The number of piperidine rings is 1. The number of halogens is 2. The van der Waals surface area contributed by atoms with Gasteiger partial charge in [0.1, 0.15) is 11.4 Å². The van der Waals surface area contributed by atoms with Gasteiger partial charge in [0.05, 0.1) is 14.2 Å². The number of methoxy groups -OCH3 is 2. The summed E-state index contributed by atoms with van der Waals surface area (Å²) >= 11 is 3.50. The van der Waals surface area contributed by atoms with Crippen molar-refractivity contribution in [2.45, 2.75) is 25.3 Å². The summed E-state index contributed by atoms with van der Waals surface area (Å²) < 4.78 is 26.0. The van der Waals surface area contributed by atoms with Crippen LogP contribution >= 0.6 is 15.9 Å². The summed E-state index contributed by atoms with van der Waals surface area (Å²) in [6, 6.07) is 18.3. The van der Waals surface area contributed by atoms with Crippen LogP contribution in [0, 0.1) is 11.2 Å². The van der Waals surface area contributed by atoms with E-state index in [1.807, 2.05) is 53.4 Å². The van der Waals surface area contributed by atoms with Crippen LogP contribution < -0.4 is 14.8 Å². The van der Waals surface area contributed by atoms with Crippen LogP contribution in [0.25, 0.3) is 11.1 Å². The number of hydrogen-bond donors (Lipinski definition) is 1. The minimum Gasteiger partial charge on any atom is -0.493 e. The molecule has 8 heteroatoms. The Bertz CT molecular complexity index is 1340. The predicted octanol–water partition coefficient (Wildman–Crippen LogP) is 5.70. The molecule has 2 fully saturated rings. The van der Waals surface area contributed by atoms with E-state index in [0.29, 0.717) is 24.4 Å². The molecule has 1 saturated carbocycles. The molecule has 1 heterocycles. The summed E-state index contributed by atoms with van der Waals surface area (Å²) in [5, 5.41) is 2.98. The maximum Gasteiger partial charge on any atom is 0.258 e. The summed E-state index contributed by atoms with van der Waals surface area (Å²) in [6.07, 6.45) is 2.39. The van der Waals surface area contributed by atoms with Gasteiger partial charge in [0.25, 0.3) is 11.8 Å². The van der Waals surface area contributed by atoms with Gasteiger partial charge in [-0.25, -0.2) is 4.39 Å². The maximum absolute atomic E-state index is 14.5. The van der Waals surface area contributed by atoms with E-state index in [1.54, 1.807) is 0 Å². The third-order valence-corrected chi connectivity index (χ3v) is 8.05. The van der Waals surface area contributed by atoms with Gasteiger partial charge in [-0.05, 0) is 72.2 Å². The second-order valence-corrected chi connectivity index (χ2v) is 10.5. The van der Waals surface area contributed by atoms with Gasteiger partial charge in [0.15, 0.2) is 11.5 Å². The summed E-state index contributed by atoms with van der Waals surface area (Å²) in [5.41, 5.74) is 2.59. The van der Waals surface area contributed by atoms with Crippen molar-refractivity contribution in [2.75, 3.05) is 27.3 Å². The number of carbonyl (C=O) groups excluding carboxylic acids is 2. The molecule has 6 nitrogen and oxygen atoms in total. The lowest BCUT2D eigenvalue weighted by molar-refractivity contribution is 0.0667. The van der Waals surface area contributed by atoms with Gasteiger partial charge in [-0.2, -0.15) is 0 Å². The molecule has 3 aromatic carbocycles. The number of benzene rings is 3. The number of nitrogens with one attached hydrogen (secondary N) is 1. The first-order chi connectivity index (χ1) is 17.8. The fourth-order valence-electron chi connectivity index (χ4n) is 5.26. The van der Waals surface area contributed by atoms with Gasteiger partial charge in [-0.3, -0.25) is 9.59 Å². The third kappa shape index (κ3) is 4.94. The Morgan fingerprint density at radius 2 is 1.73 bits per heavy atom. The van der Waals surface area contributed by atoms with Gasteiger partial charge >= 0.3 is 0 Å². The largest absolute Gasteiger partial charge is 0.493 e. The molecular formula is C29H28BrFN2O4. The second kappa shape index (κ2) is 10.2. The minimum atomic E-state index is -0.656. The number of amides is 2. The molecule has 1 N–H and O–H groups in total. The molecule has 1 unspecified atom stereocenters. The lowest BCUT2D eigenvalue weighted by Crippen LogP contribution is -2.41. The van der Waals surface area contributed by atoms with Crippen LogP contribution in [0.1, 0.15) is 40.0 Å². The van der Waals surface area contributed by atoms with Gasteiger partial charge in [0, 0.05) is 29.2 Å². The summed E-state index contributed by atoms with van der Waals surface area (Å²) in [5.74, 6) is -0.771. The van der Waals surface area contributed by atoms with Crippen molar-refractivity contribution in [3.05, 3.63) is 82.1 Å². The molecule has 1 saturated heterocycles. The van der Waals surface area contributed by atoms with Gasteiger partial charge in [-0.1, -0.05) is 40.2 Å². The first kappa shape index (κ1) is 25.3. The van der Waals surface area contributed by atoms with Crippen molar-refractivity contribution in [1.82, 2.24) is 10.2 Å². The Hall–Kier alpha value is -3.39. The molecule has 192 valence electrons. The van der Waals surface area contributed by atoms with E-state index in [0.717, 1.165) is 34.9 Å². The number of hydrogen-bond acceptors (Lipinski definition) is 4. The maximum atomic E-state index is 14.5. The molecular weight excluding hydrogens is 539 g/mol. The highest BCUT2D eigenvalue weighted by molar-refractivity contribution is 9.10. The SMILES string of the molecule is COc1ccc(F)c(C(=O)NC2CC23CCN(C(=O)c2ccc(-c4cccc(Br)c4)cc2)CC3)c1OC. The molecule has 3 aromatic rings. The second-order valence-electron chi connectivity index (χ2n) is 9.63. The highest BCUT2D eigenvalue weighted by Gasteiger charge is 2.56. The van der Waals surface area contributed by atoms with Crippen molar-refractivity contribution < 1.29 is 23.5 Å². The quantitative estimate of drug-likeness (QED) is 0.415. The number of rotatable bonds is 6. The van der Waals surface area contributed by atoms with E-state index in [-0.39, 0.29) is 28.7 Å². The van der Waals surface area contributed by atoms with E-state index in [9.17, 15) is 14.0 Å². The highest BCUT2D eigenvalue weighted by atomic mass is 79.9. The number of carbonyl (C=O) groups is 2. The molecule has 0 bridgehead atoms. The standard InChI is InChI=1S/C29H28BrFN2O4/c1-36-23-11-10-22(31)25(26(23)37-2)27(34)32-24-17-29(24)12-14-33(15-13-29)28(35)19-8-6-18(7-9-19)20-4-3-5-21(30)16-20/h3-11,16,24H,12-15,17H2,1-2H3,(H,32,34). The zero-order chi connectivity index (χ0) is 26.2. The molecule has 1 atom stereocenters. The topological polar surface area (TPSA) is 67.9 Å². The summed E-state index contributed by atoms with van der Waals surface area (Å²) in [6.45, 7) is 1.24. The van der Waals surface area contributed by atoms with E-state index in [4.69, 9.17) is 9.47 Å². The number of likely N-dealkylation sites (tertiary alicyclic amines) is 1. The molecule has 2 aliphatic rings. The van der Waals surface area contributed by atoms with Crippen molar-refractivity contribution >= 4 is 27.7 Å². The van der Waals surface area contributed by atoms with E-state index >= 15 is 0 Å². The van der Waals surface area contributed by atoms with Crippen LogP contribution in [0.3, 0.4) is 0 Å². The van der Waals surface area contributed by atoms with E-state index in [2.05, 4.69) is 21.2 Å². The predicted molar refractivity (Wildman–Crippen MR) is 143 cm³/mol. The Morgan fingerprint density at radius 3 is 2.38 bits per heavy atom. The van der Waals surface area contributed by atoms with Gasteiger partial charge in [0.2, 0.25) is 0 Å². The van der Waals surface area contributed by atoms with Gasteiger partial charge in [-0.15, -0.1) is 0 Å². The first-order valence-corrected chi connectivity index (χ1v) is 13.0. The lowest BCUT2D eigenvalue weighted by Gasteiger charge is -2.33. The molecule has 1 aliphatic heterocycles. The summed E-state index contributed by atoms with van der Waals surface area (Å²) in [7, 11) is 2.83. The lowest BCUT2D eigenvalue weighted by atomic mass is 9.92. The average molecular weight is 567 g/mol. The average Bonchev–Trinajstić information content (AvgIpc) is 3.58. The fourth-order valence-corrected chi connectivity index (χ4v) is 5.66. The van der Waals surface area contributed by atoms with Crippen LogP contribution in [-0.4, -0.2) is 50.1 Å². The normalized spacial score (nSPS) is 17.8. The Kier molecular flexibility index (Phi) is 6.94. The van der Waals surface area contributed by atoms with Crippen molar-refractivity contribution in [3.8, 4) is 22.6 Å². The van der Waals surface area contributed by atoms with Crippen LogP contribution in [0.2, 0.25) is 0 Å². The van der Waals surface area contributed by atoms with E-state index < -0.39 is 11.7 Å². The minimum absolute atomic E-state index is 0.0139. The van der Waals surface area contributed by atoms with Crippen molar-refractivity contribution in [1.29, 1.82) is 0 Å². The smallest absolute Gasteiger partial charge is 0.258 e. The first-order valence-electron chi connectivity index (χ1n) is 12.2. The van der Waals surface area contributed by atoms with Crippen LogP contribution in [0.5, 0.6) is 11.5 Å². The zero-order valence-corrected chi connectivity index (χ0v) is 22.3. The molecule has 0 radical (unpaired) electrons. The molecule has 1 aliphatic carbocycles. The monoisotopic (exact) mass is 566 g/mol. The Labute approximate surface area is 223 Å². The fraction of sp³-hybridized carbons (Fsp3) is 0.310. The zero-order valence-electron chi connectivity index (χ0n) is 20.7. The molecule has 0 aromatic heterocycles. The third-order valence-electron chi connectivity index (χ3n) is 7.55. The number of nitrogens with zero attached hydrogens (tertiary/aromatic N) is 1. The Morgan fingerprint density at radius 1 is 1.00 bits per heavy atom. The van der Waals surface area contributed by atoms with Crippen LogP contribution in [0.15, 0.2) is 65.1 Å². The van der Waals surface area contributed by atoms with Crippen molar-refractivity contribution in [2.24, 2.45) is 5.41 Å². The van der Waals surface area contributed by atoms with E-state index in [1.165, 1.54) is 26.4 Å². The Balaban J connectivity index is 1.19. The molecule has 5 rings (SSSR count). The van der Waals surface area contributed by atoms with Gasteiger partial charge < -0.3 is 19.7 Å². The molecule has 37 heavy (non-hydrogen) atoms. The van der Waals surface area contributed by atoms with Crippen LogP contribution in [-0.2, 0) is 0 Å². The number of ether oxygens (including phenoxy) is 2. The molecule has 1 spiro atoms. The molecule has 2 amide bonds. The summed E-state index contributed by atoms with van der Waals surface area (Å²) in [4.78, 5) is 27.9. The highest BCUT2D eigenvalue weighted by Crippen LogP contribution is 2.54. The van der Waals surface area contributed by atoms with Crippen LogP contribution in [0.4, 0.5) is 4.39 Å².